The van der Waals surface area contributed by atoms with Crippen LogP contribution in [0.15, 0.2) is 54.9 Å². The molecule has 0 spiro atoms. The van der Waals surface area contributed by atoms with Crippen LogP contribution in [0.2, 0.25) is 0 Å². The summed E-state index contributed by atoms with van der Waals surface area (Å²) in [6.07, 6.45) is 4.35. The number of nitrogens with two attached hydrogens (primary N) is 1. The van der Waals surface area contributed by atoms with Gasteiger partial charge in [0.1, 0.15) is 17.9 Å². The van der Waals surface area contributed by atoms with Crippen molar-refractivity contribution in [2.24, 2.45) is 5.73 Å². The van der Waals surface area contributed by atoms with Crippen molar-refractivity contribution in [3.8, 4) is 5.75 Å². The van der Waals surface area contributed by atoms with Crippen LogP contribution >= 0.6 is 0 Å². The van der Waals surface area contributed by atoms with E-state index in [2.05, 4.69) is 9.88 Å². The highest BCUT2D eigenvalue weighted by Gasteiger charge is 2.33. The molecule has 2 atom stereocenters. The summed E-state index contributed by atoms with van der Waals surface area (Å²) >= 11 is 0. The van der Waals surface area contributed by atoms with Gasteiger partial charge in [0.25, 0.3) is 0 Å². The van der Waals surface area contributed by atoms with Gasteiger partial charge in [0.15, 0.2) is 0 Å². The molecule has 1 fully saturated rings. The van der Waals surface area contributed by atoms with Gasteiger partial charge in [-0.25, -0.2) is 0 Å². The first-order valence-electron chi connectivity index (χ1n) is 7.39. The van der Waals surface area contributed by atoms with Crippen LogP contribution in [0.3, 0.4) is 0 Å². The Bertz CT molecular complexity index is 618. The van der Waals surface area contributed by atoms with Crippen LogP contribution in [0.25, 0.3) is 0 Å². The Morgan fingerprint density at radius 1 is 1.23 bits per heavy atom. The molecule has 1 amide bonds. The van der Waals surface area contributed by atoms with Crippen LogP contribution in [0.1, 0.15) is 18.0 Å². The Balaban J connectivity index is 1.69. The lowest BCUT2D eigenvalue weighted by molar-refractivity contribution is -0.123. The Morgan fingerprint density at radius 2 is 1.95 bits per heavy atom. The van der Waals surface area contributed by atoms with E-state index in [4.69, 9.17) is 10.5 Å². The minimum absolute atomic E-state index is 0.0629. The van der Waals surface area contributed by atoms with E-state index in [0.717, 1.165) is 24.3 Å². The van der Waals surface area contributed by atoms with Crippen molar-refractivity contribution in [3.05, 3.63) is 60.4 Å². The molecular weight excluding hydrogens is 278 g/mol. The molecule has 22 heavy (non-hydrogen) atoms. The fraction of sp³-hybridized carbons (Fsp3) is 0.294. The molecule has 1 aromatic carbocycles. The molecule has 114 valence electrons. The summed E-state index contributed by atoms with van der Waals surface area (Å²) in [5, 5.41) is 0. The molecule has 1 aliphatic rings. The number of benzene rings is 1. The number of pyridine rings is 1. The molecule has 0 aliphatic carbocycles. The fourth-order valence-electron chi connectivity index (χ4n) is 2.88. The minimum atomic E-state index is -0.396. The minimum Gasteiger partial charge on any atom is -0.489 e. The Hall–Kier alpha value is -2.40. The van der Waals surface area contributed by atoms with Crippen LogP contribution in [0.5, 0.6) is 5.75 Å². The highest BCUT2D eigenvalue weighted by molar-refractivity contribution is 5.81. The number of ether oxygens (including phenoxy) is 1. The van der Waals surface area contributed by atoms with Crippen molar-refractivity contribution in [3.63, 3.8) is 0 Å². The van der Waals surface area contributed by atoms with Gasteiger partial charge in [-0.05, 0) is 24.1 Å². The monoisotopic (exact) mass is 297 g/mol. The van der Waals surface area contributed by atoms with E-state index >= 15 is 0 Å². The zero-order valence-corrected chi connectivity index (χ0v) is 12.3. The molecule has 5 nitrogen and oxygen atoms in total. The molecule has 0 bridgehead atoms. The lowest BCUT2D eigenvalue weighted by atomic mass is 10.1. The maximum Gasteiger partial charge on any atom is 0.239 e. The summed E-state index contributed by atoms with van der Waals surface area (Å²) in [6, 6.07) is 12.9. The molecule has 1 saturated heterocycles. The van der Waals surface area contributed by atoms with Gasteiger partial charge in [-0.15, -0.1) is 0 Å². The number of aromatic nitrogens is 1. The molecule has 2 heterocycles. The van der Waals surface area contributed by atoms with Crippen LogP contribution in [-0.2, 0) is 4.79 Å². The van der Waals surface area contributed by atoms with Crippen molar-refractivity contribution in [2.45, 2.75) is 18.6 Å². The largest absolute Gasteiger partial charge is 0.489 e. The number of carbonyl (C=O) groups excluding carboxylic acids is 1. The molecule has 2 aromatic rings. The van der Waals surface area contributed by atoms with Crippen molar-refractivity contribution in [1.29, 1.82) is 0 Å². The molecule has 5 heteroatoms. The molecule has 0 saturated carbocycles. The third-order valence-corrected chi connectivity index (χ3v) is 3.88. The normalized spacial score (nSPS) is 19.7. The standard InChI is InChI=1S/C17H19N3O2/c18-17(21)16(13-4-2-1-3-5-13)20-11-8-15(12-20)22-14-6-9-19-10-7-14/h1-7,9-10,15-16H,8,11-12H2,(H2,18,21)/t15-,16+/m1/s1. The number of likely N-dealkylation sites (tertiary alicyclic amines) is 1. The second-order valence-corrected chi connectivity index (χ2v) is 5.42. The molecular formula is C17H19N3O2. The number of hydrogen-bond donors (Lipinski definition) is 1. The SMILES string of the molecule is NC(=O)[C@H](c1ccccc1)N1CC[C@@H](Oc2ccncc2)C1. The lowest BCUT2D eigenvalue weighted by Gasteiger charge is -2.25. The van der Waals surface area contributed by atoms with Gasteiger partial charge in [0.05, 0.1) is 0 Å². The predicted molar refractivity (Wildman–Crippen MR) is 83.2 cm³/mol. The summed E-state index contributed by atoms with van der Waals surface area (Å²) in [5.74, 6) is 0.480. The number of nitrogens with zero attached hydrogens (tertiary/aromatic N) is 2. The van der Waals surface area contributed by atoms with Crippen molar-refractivity contribution < 1.29 is 9.53 Å². The summed E-state index contributed by atoms with van der Waals surface area (Å²) in [5.41, 5.74) is 6.55. The predicted octanol–water partition coefficient (Wildman–Crippen LogP) is 1.76. The number of carbonyl (C=O) groups is 1. The van der Waals surface area contributed by atoms with Gasteiger partial charge in [-0.3, -0.25) is 14.7 Å². The molecule has 1 aliphatic heterocycles. The van der Waals surface area contributed by atoms with E-state index in [1.54, 1.807) is 12.4 Å². The Kier molecular flexibility index (Phi) is 4.34. The topological polar surface area (TPSA) is 68.5 Å². The third-order valence-electron chi connectivity index (χ3n) is 3.88. The van der Waals surface area contributed by atoms with Crippen LogP contribution in [0, 0.1) is 0 Å². The average Bonchev–Trinajstić information content (AvgIpc) is 2.97. The quantitative estimate of drug-likeness (QED) is 0.913. The zero-order chi connectivity index (χ0) is 15.4. The number of hydrogen-bond acceptors (Lipinski definition) is 4. The number of rotatable bonds is 5. The fourth-order valence-corrected chi connectivity index (χ4v) is 2.88. The third kappa shape index (κ3) is 3.26. The van der Waals surface area contributed by atoms with E-state index in [1.165, 1.54) is 0 Å². The second kappa shape index (κ2) is 6.58. The second-order valence-electron chi connectivity index (χ2n) is 5.42. The zero-order valence-electron chi connectivity index (χ0n) is 12.3. The summed E-state index contributed by atoms with van der Waals surface area (Å²) in [6.45, 7) is 1.48. The first-order valence-corrected chi connectivity index (χ1v) is 7.39. The van der Waals surface area contributed by atoms with Crippen molar-refractivity contribution in [1.82, 2.24) is 9.88 Å². The highest BCUT2D eigenvalue weighted by Crippen LogP contribution is 2.26. The van der Waals surface area contributed by atoms with E-state index in [1.807, 2.05) is 42.5 Å². The van der Waals surface area contributed by atoms with E-state index in [0.29, 0.717) is 6.54 Å². The molecule has 2 N–H and O–H groups in total. The number of amides is 1. The van der Waals surface area contributed by atoms with Gasteiger partial charge >= 0.3 is 0 Å². The Morgan fingerprint density at radius 3 is 2.64 bits per heavy atom. The first-order chi connectivity index (χ1) is 10.7. The Labute approximate surface area is 129 Å². The van der Waals surface area contributed by atoms with Crippen LogP contribution < -0.4 is 10.5 Å². The van der Waals surface area contributed by atoms with Crippen LogP contribution in [0.4, 0.5) is 0 Å². The van der Waals surface area contributed by atoms with E-state index in [9.17, 15) is 4.79 Å². The summed E-state index contributed by atoms with van der Waals surface area (Å²) in [4.78, 5) is 17.9. The molecule has 3 rings (SSSR count). The van der Waals surface area contributed by atoms with Crippen molar-refractivity contribution >= 4 is 5.91 Å². The van der Waals surface area contributed by atoms with Gasteiger partial charge in [-0.1, -0.05) is 30.3 Å². The number of primary amides is 1. The van der Waals surface area contributed by atoms with E-state index < -0.39 is 6.04 Å². The molecule has 1 aromatic heterocycles. The van der Waals surface area contributed by atoms with Gasteiger partial charge in [0.2, 0.25) is 5.91 Å². The maximum absolute atomic E-state index is 11.9. The molecule has 0 radical (unpaired) electrons. The van der Waals surface area contributed by atoms with Gasteiger partial charge in [0, 0.05) is 25.5 Å². The van der Waals surface area contributed by atoms with Gasteiger partial charge < -0.3 is 10.5 Å². The van der Waals surface area contributed by atoms with Gasteiger partial charge in [-0.2, -0.15) is 0 Å². The summed E-state index contributed by atoms with van der Waals surface area (Å²) in [7, 11) is 0. The average molecular weight is 297 g/mol. The maximum atomic E-state index is 11.9. The highest BCUT2D eigenvalue weighted by atomic mass is 16.5. The summed E-state index contributed by atoms with van der Waals surface area (Å²) < 4.78 is 5.94. The molecule has 0 unspecified atom stereocenters. The van der Waals surface area contributed by atoms with Crippen molar-refractivity contribution in [2.75, 3.05) is 13.1 Å². The first kappa shape index (κ1) is 14.5. The smallest absolute Gasteiger partial charge is 0.239 e. The lowest BCUT2D eigenvalue weighted by Crippen LogP contribution is -2.37. The van der Waals surface area contributed by atoms with E-state index in [-0.39, 0.29) is 12.0 Å². The van der Waals surface area contributed by atoms with Crippen LogP contribution in [-0.4, -0.2) is 35.0 Å².